The molecule has 0 saturated carbocycles. The second kappa shape index (κ2) is 9.96. The molecule has 34 heavy (non-hydrogen) atoms. The molecule has 0 aliphatic carbocycles. The van der Waals surface area contributed by atoms with Crippen LogP contribution in [0, 0.1) is 5.82 Å². The fourth-order valence-corrected chi connectivity index (χ4v) is 4.99. The van der Waals surface area contributed by atoms with Gasteiger partial charge in [0.1, 0.15) is 22.3 Å². The van der Waals surface area contributed by atoms with Gasteiger partial charge in [0.25, 0.3) is 5.56 Å². The molecule has 0 amide bonds. The van der Waals surface area contributed by atoms with Gasteiger partial charge in [-0.3, -0.25) is 14.2 Å². The maximum absolute atomic E-state index is 14.7. The third kappa shape index (κ3) is 5.39. The van der Waals surface area contributed by atoms with Gasteiger partial charge in [0.05, 0.1) is 16.0 Å². The van der Waals surface area contributed by atoms with E-state index in [9.17, 15) is 31.9 Å². The number of hydrogen-bond acceptors (Lipinski definition) is 6. The number of benzene rings is 1. The van der Waals surface area contributed by atoms with Crippen LogP contribution in [0.1, 0.15) is 19.5 Å². The minimum absolute atomic E-state index is 0.0533. The average Bonchev–Trinajstić information content (AvgIpc) is 2.74. The van der Waals surface area contributed by atoms with Crippen LogP contribution in [0.4, 0.5) is 17.6 Å². The number of aromatic nitrogens is 3. The van der Waals surface area contributed by atoms with Crippen molar-refractivity contribution in [1.82, 2.24) is 14.1 Å². The highest BCUT2D eigenvalue weighted by Gasteiger charge is 2.35. The number of carbonyl (C=O) groups is 1. The van der Waals surface area contributed by atoms with Gasteiger partial charge >= 0.3 is 11.9 Å². The molecular weight excluding hydrogens is 518 g/mol. The zero-order valence-electron chi connectivity index (χ0n) is 17.8. The van der Waals surface area contributed by atoms with E-state index in [0.29, 0.717) is 14.5 Å². The van der Waals surface area contributed by atoms with Gasteiger partial charge in [0, 0.05) is 29.1 Å². The Morgan fingerprint density at radius 2 is 1.85 bits per heavy atom. The molecule has 0 saturated heterocycles. The summed E-state index contributed by atoms with van der Waals surface area (Å²) in [6.07, 6.45) is -3.42. The zero-order chi connectivity index (χ0) is 25.4. The number of nitrogens with zero attached hydrogens (tertiary/aromatic N) is 3. The first-order valence-electron chi connectivity index (χ1n) is 9.51. The summed E-state index contributed by atoms with van der Waals surface area (Å²) in [5, 5.41) is 0.0597. The zero-order valence-corrected chi connectivity index (χ0v) is 20.2. The SMILES string of the molecule is CC(=O)C(C)Sc1ncccc1Sc1cc(-n2c(=O)cc(C(F)(F)F)n(C)c2=O)c(F)cc1Cl. The Balaban J connectivity index is 2.12. The predicted molar refractivity (Wildman–Crippen MR) is 122 cm³/mol. The molecule has 0 spiro atoms. The number of pyridine rings is 1. The number of hydrogen-bond donors (Lipinski definition) is 0. The van der Waals surface area contributed by atoms with Crippen LogP contribution >= 0.6 is 35.1 Å². The van der Waals surface area contributed by atoms with E-state index in [1.807, 2.05) is 0 Å². The first-order chi connectivity index (χ1) is 15.8. The lowest BCUT2D eigenvalue weighted by Gasteiger charge is -2.16. The van der Waals surface area contributed by atoms with Gasteiger partial charge in [0.2, 0.25) is 0 Å². The summed E-state index contributed by atoms with van der Waals surface area (Å²) in [7, 11) is 0.833. The van der Waals surface area contributed by atoms with E-state index >= 15 is 0 Å². The van der Waals surface area contributed by atoms with Crippen molar-refractivity contribution in [3.63, 3.8) is 0 Å². The van der Waals surface area contributed by atoms with Crippen LogP contribution < -0.4 is 11.2 Å². The lowest BCUT2D eigenvalue weighted by atomic mass is 10.3. The Morgan fingerprint density at radius 3 is 2.47 bits per heavy atom. The molecule has 0 aliphatic heterocycles. The van der Waals surface area contributed by atoms with Crippen LogP contribution in [0.3, 0.4) is 0 Å². The highest BCUT2D eigenvalue weighted by molar-refractivity contribution is 8.03. The fraction of sp³-hybridized carbons (Fsp3) is 0.238. The minimum Gasteiger partial charge on any atom is -0.299 e. The van der Waals surface area contributed by atoms with Gasteiger partial charge in [-0.05, 0) is 38.1 Å². The monoisotopic (exact) mass is 533 g/mol. The second-order valence-corrected chi connectivity index (χ2v) is 9.88. The molecule has 180 valence electrons. The molecule has 2 heterocycles. The number of carbonyl (C=O) groups excluding carboxylic acids is 1. The summed E-state index contributed by atoms with van der Waals surface area (Å²) in [5.74, 6) is -1.13. The maximum atomic E-state index is 14.7. The van der Waals surface area contributed by atoms with Gasteiger partial charge in [-0.1, -0.05) is 35.1 Å². The summed E-state index contributed by atoms with van der Waals surface area (Å²) in [5.41, 5.74) is -4.73. The highest BCUT2D eigenvalue weighted by atomic mass is 35.5. The van der Waals surface area contributed by atoms with Crippen molar-refractivity contribution < 1.29 is 22.4 Å². The molecule has 1 atom stereocenters. The van der Waals surface area contributed by atoms with Crippen molar-refractivity contribution >= 4 is 40.9 Å². The van der Waals surface area contributed by atoms with Gasteiger partial charge < -0.3 is 0 Å². The van der Waals surface area contributed by atoms with Crippen LogP contribution in [-0.2, 0) is 18.0 Å². The third-order valence-corrected chi connectivity index (χ3v) is 7.56. The molecule has 1 aromatic carbocycles. The summed E-state index contributed by atoms with van der Waals surface area (Å²) in [6, 6.07) is 5.52. The van der Waals surface area contributed by atoms with E-state index in [2.05, 4.69) is 4.98 Å². The summed E-state index contributed by atoms with van der Waals surface area (Å²) in [4.78, 5) is 41.7. The van der Waals surface area contributed by atoms with E-state index < -0.39 is 34.6 Å². The van der Waals surface area contributed by atoms with Crippen LogP contribution in [0.5, 0.6) is 0 Å². The van der Waals surface area contributed by atoms with Crippen LogP contribution in [-0.4, -0.2) is 25.2 Å². The van der Waals surface area contributed by atoms with Crippen LogP contribution in [0.2, 0.25) is 5.02 Å². The van der Waals surface area contributed by atoms with Crippen LogP contribution in [0.15, 0.2) is 60.9 Å². The number of Topliss-reactive ketones (excluding diaryl/α,β-unsaturated/α-hetero) is 1. The van der Waals surface area contributed by atoms with Gasteiger partial charge in [-0.2, -0.15) is 13.2 Å². The van der Waals surface area contributed by atoms with E-state index in [4.69, 9.17) is 11.6 Å². The van der Waals surface area contributed by atoms with Gasteiger partial charge in [-0.15, -0.1) is 0 Å². The van der Waals surface area contributed by atoms with E-state index in [0.717, 1.165) is 30.9 Å². The van der Waals surface area contributed by atoms with Crippen molar-refractivity contribution in [2.75, 3.05) is 0 Å². The summed E-state index contributed by atoms with van der Waals surface area (Å²) < 4.78 is 54.7. The number of rotatable bonds is 6. The van der Waals surface area contributed by atoms with Crippen molar-refractivity contribution in [2.45, 2.75) is 40.1 Å². The maximum Gasteiger partial charge on any atom is 0.431 e. The minimum atomic E-state index is -4.95. The topological polar surface area (TPSA) is 74.0 Å². The Labute approximate surface area is 204 Å². The van der Waals surface area contributed by atoms with Crippen LogP contribution in [0.25, 0.3) is 5.69 Å². The number of alkyl halides is 3. The lowest BCUT2D eigenvalue weighted by molar-refractivity contribution is -0.144. The largest absolute Gasteiger partial charge is 0.431 e. The molecule has 1 unspecified atom stereocenters. The fourth-order valence-electron chi connectivity index (χ4n) is 2.80. The van der Waals surface area contributed by atoms with Gasteiger partial charge in [-0.25, -0.2) is 18.7 Å². The quantitative estimate of drug-likeness (QED) is 0.329. The molecule has 0 fully saturated rings. The molecule has 6 nitrogen and oxygen atoms in total. The Morgan fingerprint density at radius 1 is 1.18 bits per heavy atom. The molecular formula is C21H16ClF4N3O3S2. The molecule has 13 heteroatoms. The normalized spacial score (nSPS) is 12.6. The molecule has 3 aromatic rings. The summed E-state index contributed by atoms with van der Waals surface area (Å²) in [6.45, 7) is 3.16. The second-order valence-electron chi connectivity index (χ2n) is 7.06. The molecule has 0 radical (unpaired) electrons. The smallest absolute Gasteiger partial charge is 0.299 e. The van der Waals surface area contributed by atoms with E-state index in [-0.39, 0.29) is 31.6 Å². The van der Waals surface area contributed by atoms with Crippen molar-refractivity contribution in [2.24, 2.45) is 7.05 Å². The molecule has 2 aromatic heterocycles. The van der Waals surface area contributed by atoms with Crippen molar-refractivity contribution in [3.05, 3.63) is 73.9 Å². The van der Waals surface area contributed by atoms with E-state index in [1.54, 1.807) is 19.1 Å². The Hall–Kier alpha value is -2.57. The average molecular weight is 534 g/mol. The highest BCUT2D eigenvalue weighted by Crippen LogP contribution is 2.40. The first kappa shape index (κ1) is 26.0. The molecule has 0 aliphatic rings. The summed E-state index contributed by atoms with van der Waals surface area (Å²) >= 11 is 8.42. The standard InChI is InChI=1S/C21H16ClF4N3O3S2/c1-10(30)11(2)33-19-15(5-4-6-27-19)34-16-8-14(13(23)7-12(16)22)29-18(31)9-17(21(24,25)26)28(3)20(29)32/h4-9,11H,1-3H3. The number of halogens is 5. The Bertz CT molecular complexity index is 1390. The lowest BCUT2D eigenvalue weighted by Crippen LogP contribution is -2.41. The molecule has 0 N–H and O–H groups in total. The number of thioether (sulfide) groups is 1. The number of ketones is 1. The molecule has 0 bridgehead atoms. The van der Waals surface area contributed by atoms with Crippen molar-refractivity contribution in [3.8, 4) is 5.69 Å². The predicted octanol–water partition coefficient (Wildman–Crippen LogP) is 4.96. The molecule has 3 rings (SSSR count). The van der Waals surface area contributed by atoms with E-state index in [1.165, 1.54) is 24.9 Å². The first-order valence-corrected chi connectivity index (χ1v) is 11.6. The van der Waals surface area contributed by atoms with Gasteiger partial charge in [0.15, 0.2) is 0 Å². The third-order valence-electron chi connectivity index (χ3n) is 4.67. The van der Waals surface area contributed by atoms with Crippen molar-refractivity contribution in [1.29, 1.82) is 0 Å². The Kier molecular flexibility index (Phi) is 7.63.